The summed E-state index contributed by atoms with van der Waals surface area (Å²) in [6.07, 6.45) is 1.95. The maximum atomic E-state index is 13.5. The van der Waals surface area contributed by atoms with Crippen molar-refractivity contribution in [3.63, 3.8) is 0 Å². The van der Waals surface area contributed by atoms with E-state index in [0.29, 0.717) is 5.56 Å². The molecule has 0 saturated heterocycles. The Morgan fingerprint density at radius 2 is 2.29 bits per heavy atom. The molecule has 2 rings (SSSR count). The Kier molecular flexibility index (Phi) is 3.28. The zero-order chi connectivity index (χ0) is 12.4. The van der Waals surface area contributed by atoms with E-state index in [1.54, 1.807) is 6.07 Å². The molecule has 1 fully saturated rings. The number of benzene rings is 1. The van der Waals surface area contributed by atoms with Gasteiger partial charge in [0.15, 0.2) is 11.6 Å². The quantitative estimate of drug-likeness (QED) is 0.821. The fourth-order valence-electron chi connectivity index (χ4n) is 1.66. The van der Waals surface area contributed by atoms with Crippen molar-refractivity contribution >= 4 is 5.97 Å². The highest BCUT2D eigenvalue weighted by atomic mass is 19.1. The third-order valence-corrected chi connectivity index (χ3v) is 2.74. The van der Waals surface area contributed by atoms with Crippen molar-refractivity contribution in [3.8, 4) is 5.75 Å². The van der Waals surface area contributed by atoms with E-state index in [-0.39, 0.29) is 11.8 Å². The average molecular weight is 239 g/mol. The molecule has 17 heavy (non-hydrogen) atoms. The molecule has 0 spiro atoms. The first-order valence-corrected chi connectivity index (χ1v) is 5.44. The molecule has 0 heterocycles. The molecule has 0 bridgehead atoms. The van der Waals surface area contributed by atoms with Crippen LogP contribution in [0.2, 0.25) is 0 Å². The van der Waals surface area contributed by atoms with Gasteiger partial charge in [-0.05, 0) is 30.5 Å². The van der Waals surface area contributed by atoms with Crippen molar-refractivity contribution in [2.75, 3.05) is 7.11 Å². The van der Waals surface area contributed by atoms with Crippen LogP contribution in [0.3, 0.4) is 0 Å². The first-order chi connectivity index (χ1) is 8.11. The molecular weight excluding hydrogens is 225 g/mol. The Labute approximate surface area is 98.4 Å². The molecule has 0 amide bonds. The second-order valence-electron chi connectivity index (χ2n) is 4.11. The van der Waals surface area contributed by atoms with E-state index in [2.05, 4.69) is 5.32 Å². The lowest BCUT2D eigenvalue weighted by Crippen LogP contribution is -2.30. The van der Waals surface area contributed by atoms with E-state index in [9.17, 15) is 9.18 Å². The summed E-state index contributed by atoms with van der Waals surface area (Å²) in [5.74, 6) is -1.43. The molecule has 1 saturated carbocycles. The van der Waals surface area contributed by atoms with Gasteiger partial charge in [-0.25, -0.2) is 4.39 Å². The lowest BCUT2D eigenvalue weighted by Gasteiger charge is -2.15. The highest BCUT2D eigenvalue weighted by Gasteiger charge is 2.29. The molecule has 92 valence electrons. The smallest absolute Gasteiger partial charge is 0.325 e. The van der Waals surface area contributed by atoms with Crippen LogP contribution in [0.25, 0.3) is 0 Å². The second-order valence-corrected chi connectivity index (χ2v) is 4.11. The third kappa shape index (κ3) is 2.74. The van der Waals surface area contributed by atoms with E-state index in [0.717, 1.165) is 12.8 Å². The van der Waals surface area contributed by atoms with Gasteiger partial charge in [0.2, 0.25) is 0 Å². The van der Waals surface area contributed by atoms with E-state index < -0.39 is 17.8 Å². The first kappa shape index (κ1) is 11.9. The fourth-order valence-corrected chi connectivity index (χ4v) is 1.66. The Balaban J connectivity index is 2.22. The molecule has 1 atom stereocenters. The van der Waals surface area contributed by atoms with Gasteiger partial charge in [0.25, 0.3) is 0 Å². The third-order valence-electron chi connectivity index (χ3n) is 2.74. The van der Waals surface area contributed by atoms with Crippen LogP contribution in [0, 0.1) is 5.82 Å². The van der Waals surface area contributed by atoms with Crippen LogP contribution in [0.15, 0.2) is 18.2 Å². The Bertz CT molecular complexity index is 432. The van der Waals surface area contributed by atoms with Crippen LogP contribution in [-0.4, -0.2) is 24.2 Å². The molecule has 1 unspecified atom stereocenters. The summed E-state index contributed by atoms with van der Waals surface area (Å²) in [6.45, 7) is 0. The normalized spacial score (nSPS) is 16.6. The molecule has 1 aliphatic carbocycles. The summed E-state index contributed by atoms with van der Waals surface area (Å²) >= 11 is 0. The number of carbonyl (C=O) groups is 1. The van der Waals surface area contributed by atoms with Gasteiger partial charge < -0.3 is 9.84 Å². The minimum atomic E-state index is -0.999. The summed E-state index contributed by atoms with van der Waals surface area (Å²) < 4.78 is 18.3. The number of ether oxygens (including phenoxy) is 1. The number of methoxy groups -OCH3 is 1. The maximum Gasteiger partial charge on any atom is 0.325 e. The molecule has 2 N–H and O–H groups in total. The summed E-state index contributed by atoms with van der Waals surface area (Å²) in [6, 6.07) is 3.59. The fraction of sp³-hybridized carbons (Fsp3) is 0.417. The summed E-state index contributed by atoms with van der Waals surface area (Å²) in [7, 11) is 1.37. The van der Waals surface area contributed by atoms with Gasteiger partial charge in [-0.15, -0.1) is 0 Å². The number of halogens is 1. The van der Waals surface area contributed by atoms with Gasteiger partial charge in [0.05, 0.1) is 7.11 Å². The van der Waals surface area contributed by atoms with Crippen LogP contribution < -0.4 is 10.1 Å². The molecule has 4 nitrogen and oxygen atoms in total. The molecular formula is C12H14FNO3. The first-order valence-electron chi connectivity index (χ1n) is 5.44. The van der Waals surface area contributed by atoms with Crippen molar-refractivity contribution in [1.29, 1.82) is 0 Å². The van der Waals surface area contributed by atoms with Crippen molar-refractivity contribution in [1.82, 2.24) is 5.32 Å². The molecule has 1 aliphatic rings. The Morgan fingerprint density at radius 1 is 1.59 bits per heavy atom. The maximum absolute atomic E-state index is 13.5. The molecule has 1 aromatic rings. The lowest BCUT2D eigenvalue weighted by atomic mass is 10.1. The van der Waals surface area contributed by atoms with E-state index in [1.165, 1.54) is 19.2 Å². The average Bonchev–Trinajstić information content (AvgIpc) is 3.09. The van der Waals surface area contributed by atoms with Gasteiger partial charge >= 0.3 is 5.97 Å². The second kappa shape index (κ2) is 4.71. The number of rotatable bonds is 5. The predicted molar refractivity (Wildman–Crippen MR) is 59.5 cm³/mol. The minimum absolute atomic E-state index is 0.115. The monoisotopic (exact) mass is 239 g/mol. The predicted octanol–water partition coefficient (Wildman–Crippen LogP) is 1.71. The number of hydrogen-bond donors (Lipinski definition) is 2. The van der Waals surface area contributed by atoms with Crippen molar-refractivity contribution in [2.45, 2.75) is 24.9 Å². The van der Waals surface area contributed by atoms with Crippen LogP contribution in [-0.2, 0) is 4.79 Å². The van der Waals surface area contributed by atoms with Crippen molar-refractivity contribution in [3.05, 3.63) is 29.6 Å². The molecule has 0 aromatic heterocycles. The zero-order valence-corrected chi connectivity index (χ0v) is 9.44. The van der Waals surface area contributed by atoms with Crippen molar-refractivity contribution in [2.24, 2.45) is 0 Å². The number of nitrogens with one attached hydrogen (secondary N) is 1. The Morgan fingerprint density at radius 3 is 2.76 bits per heavy atom. The highest BCUT2D eigenvalue weighted by Crippen LogP contribution is 2.26. The summed E-state index contributed by atoms with van der Waals surface area (Å²) in [5.41, 5.74) is 0.405. The molecule has 0 radical (unpaired) electrons. The number of hydrogen-bond acceptors (Lipinski definition) is 3. The van der Waals surface area contributed by atoms with Crippen LogP contribution >= 0.6 is 0 Å². The largest absolute Gasteiger partial charge is 0.494 e. The highest BCUT2D eigenvalue weighted by molar-refractivity contribution is 5.75. The standard InChI is InChI=1S/C12H14FNO3/c1-17-10-5-2-7(6-9(10)13)11(12(15)16)14-8-3-4-8/h2,5-6,8,11,14H,3-4H2,1H3,(H,15,16). The van der Waals surface area contributed by atoms with Crippen molar-refractivity contribution < 1.29 is 19.0 Å². The van der Waals surface area contributed by atoms with E-state index in [4.69, 9.17) is 9.84 Å². The molecule has 0 aliphatic heterocycles. The number of aliphatic carboxylic acids is 1. The Hall–Kier alpha value is -1.62. The topological polar surface area (TPSA) is 58.6 Å². The van der Waals surface area contributed by atoms with Gasteiger partial charge in [0, 0.05) is 6.04 Å². The van der Waals surface area contributed by atoms with Crippen LogP contribution in [0.4, 0.5) is 4.39 Å². The van der Waals surface area contributed by atoms with E-state index >= 15 is 0 Å². The minimum Gasteiger partial charge on any atom is -0.494 e. The van der Waals surface area contributed by atoms with Gasteiger partial charge in [-0.3, -0.25) is 10.1 Å². The summed E-state index contributed by atoms with van der Waals surface area (Å²) in [5, 5.41) is 12.1. The lowest BCUT2D eigenvalue weighted by molar-refractivity contribution is -0.139. The van der Waals surface area contributed by atoms with E-state index in [1.807, 2.05) is 0 Å². The van der Waals surface area contributed by atoms with Crippen LogP contribution in [0.5, 0.6) is 5.75 Å². The summed E-state index contributed by atoms with van der Waals surface area (Å²) in [4.78, 5) is 11.1. The van der Waals surface area contributed by atoms with Gasteiger partial charge in [0.1, 0.15) is 6.04 Å². The van der Waals surface area contributed by atoms with Gasteiger partial charge in [-0.2, -0.15) is 0 Å². The molecule has 5 heteroatoms. The van der Waals surface area contributed by atoms with Crippen LogP contribution in [0.1, 0.15) is 24.4 Å². The molecule has 1 aromatic carbocycles. The van der Waals surface area contributed by atoms with Gasteiger partial charge in [-0.1, -0.05) is 6.07 Å². The SMILES string of the molecule is COc1ccc(C(NC2CC2)C(=O)O)cc1F. The number of carboxylic acid groups (broad SMARTS) is 1. The zero-order valence-electron chi connectivity index (χ0n) is 9.44. The number of carboxylic acids is 1.